The Morgan fingerprint density at radius 2 is 2.09 bits per heavy atom. The number of nitrogens with zero attached hydrogens (tertiary/aromatic N) is 1. The number of hydrogen-bond acceptors (Lipinski definition) is 7. The summed E-state index contributed by atoms with van der Waals surface area (Å²) in [4.78, 5) is 52.4. The normalized spacial score (nSPS) is 32.0. The first-order chi connectivity index (χ1) is 10.6. The van der Waals surface area contributed by atoms with Crippen molar-refractivity contribution in [3.63, 3.8) is 0 Å². The number of carboxylic acid groups (broad SMARTS) is 1. The molecule has 2 aliphatic rings. The summed E-state index contributed by atoms with van der Waals surface area (Å²) < 4.78 is 20.1. The summed E-state index contributed by atoms with van der Waals surface area (Å²) in [6, 6.07) is -2.45. The molecule has 2 heterocycles. The third kappa shape index (κ3) is 4.25. The molecule has 0 saturated carbocycles. The van der Waals surface area contributed by atoms with E-state index < -0.39 is 63.2 Å². The molecule has 23 heavy (non-hydrogen) atoms. The number of hydrogen-bond donors (Lipinski definition) is 5. The highest BCUT2D eigenvalue weighted by atomic mass is 31.2. The molecule has 2 fully saturated rings. The number of rotatable bonds is 5. The monoisotopic (exact) mass is 354 g/mol. The second-order valence-corrected chi connectivity index (χ2v) is 6.28. The van der Waals surface area contributed by atoms with Crippen LogP contribution < -0.4 is 5.32 Å². The van der Waals surface area contributed by atoms with E-state index in [9.17, 15) is 24.1 Å². The van der Waals surface area contributed by atoms with Gasteiger partial charge in [-0.05, 0) is 0 Å². The van der Waals surface area contributed by atoms with Crippen LogP contribution in [-0.2, 0) is 23.4 Å². The third-order valence-electron chi connectivity index (χ3n) is 3.40. The first-order valence-electron chi connectivity index (χ1n) is 6.47. The number of amides is 3. The molecule has 12 nitrogen and oxygen atoms in total. The Kier molecular flexibility index (Phi) is 5.04. The van der Waals surface area contributed by atoms with Crippen LogP contribution in [0.15, 0.2) is 0 Å². The molecule has 0 spiro atoms. The molecular formula is C10H15N2O10P. The molecule has 13 heteroatoms. The molecule has 4 atom stereocenters. The summed E-state index contributed by atoms with van der Waals surface area (Å²) in [7, 11) is -4.77. The summed E-state index contributed by atoms with van der Waals surface area (Å²) in [5, 5.41) is 20.9. The molecule has 130 valence electrons. The lowest BCUT2D eigenvalue weighted by molar-refractivity contribution is -0.152. The molecule has 1 unspecified atom stereocenters. The number of carbonyl (C=O) groups excluding carboxylic acids is 2. The molecule has 2 saturated heterocycles. The van der Waals surface area contributed by atoms with E-state index in [4.69, 9.17) is 19.6 Å². The van der Waals surface area contributed by atoms with E-state index in [0.29, 0.717) is 0 Å². The Hall–Kier alpha value is -1.56. The quantitative estimate of drug-likeness (QED) is 0.345. The van der Waals surface area contributed by atoms with Crippen molar-refractivity contribution >= 4 is 25.7 Å². The van der Waals surface area contributed by atoms with Gasteiger partial charge in [-0.25, -0.2) is 14.2 Å². The molecule has 2 aliphatic heterocycles. The van der Waals surface area contributed by atoms with E-state index in [0.717, 1.165) is 4.90 Å². The second-order valence-electron chi connectivity index (χ2n) is 5.04. The Morgan fingerprint density at radius 1 is 1.43 bits per heavy atom. The Labute approximate surface area is 129 Å². The molecule has 0 aromatic rings. The zero-order chi connectivity index (χ0) is 17.4. The van der Waals surface area contributed by atoms with Gasteiger partial charge < -0.3 is 24.7 Å². The van der Waals surface area contributed by atoms with Gasteiger partial charge in [-0.3, -0.25) is 19.5 Å². The lowest BCUT2D eigenvalue weighted by Crippen LogP contribution is -2.61. The Balaban J connectivity index is 2.08. The number of nitrogens with one attached hydrogen (secondary N) is 1. The Morgan fingerprint density at radius 3 is 2.65 bits per heavy atom. The summed E-state index contributed by atoms with van der Waals surface area (Å²) in [6.45, 7) is -0.645. The van der Waals surface area contributed by atoms with Crippen LogP contribution in [0.25, 0.3) is 0 Å². The predicted octanol–water partition coefficient (Wildman–Crippen LogP) is -2.03. The largest absolute Gasteiger partial charge is 0.480 e. The van der Waals surface area contributed by atoms with Gasteiger partial charge in [-0.2, -0.15) is 0 Å². The van der Waals surface area contributed by atoms with Gasteiger partial charge in [0.25, 0.3) is 0 Å². The maximum absolute atomic E-state index is 11.9. The van der Waals surface area contributed by atoms with Gasteiger partial charge in [0.05, 0.1) is 19.1 Å². The molecule has 0 aliphatic carbocycles. The highest BCUT2D eigenvalue weighted by molar-refractivity contribution is 7.46. The summed E-state index contributed by atoms with van der Waals surface area (Å²) in [5.74, 6) is -2.17. The number of phosphoric acid groups is 1. The van der Waals surface area contributed by atoms with E-state index in [-0.39, 0.29) is 6.42 Å². The average molecular weight is 354 g/mol. The van der Waals surface area contributed by atoms with E-state index in [1.165, 1.54) is 0 Å². The van der Waals surface area contributed by atoms with Gasteiger partial charge in [0.15, 0.2) is 0 Å². The highest BCUT2D eigenvalue weighted by Crippen LogP contribution is 2.37. The van der Waals surface area contributed by atoms with E-state index in [1.54, 1.807) is 0 Å². The third-order valence-corrected chi connectivity index (χ3v) is 3.89. The Bertz CT molecular complexity index is 562. The van der Waals surface area contributed by atoms with Crippen LogP contribution in [0.5, 0.6) is 0 Å². The van der Waals surface area contributed by atoms with Gasteiger partial charge in [0, 0.05) is 6.42 Å². The molecule has 5 N–H and O–H groups in total. The lowest BCUT2D eigenvalue weighted by atomic mass is 10.1. The number of urea groups is 1. The van der Waals surface area contributed by atoms with Crippen LogP contribution in [0, 0.1) is 0 Å². The number of carbonyl (C=O) groups is 3. The van der Waals surface area contributed by atoms with E-state index in [2.05, 4.69) is 4.52 Å². The van der Waals surface area contributed by atoms with Gasteiger partial charge in [-0.1, -0.05) is 0 Å². The minimum Gasteiger partial charge on any atom is -0.480 e. The van der Waals surface area contributed by atoms with Crippen molar-refractivity contribution in [3.8, 4) is 0 Å². The van der Waals surface area contributed by atoms with E-state index >= 15 is 0 Å². The van der Waals surface area contributed by atoms with Crippen molar-refractivity contribution in [1.29, 1.82) is 0 Å². The van der Waals surface area contributed by atoms with Crippen molar-refractivity contribution in [2.24, 2.45) is 0 Å². The predicted molar refractivity (Wildman–Crippen MR) is 68.7 cm³/mol. The molecule has 0 aromatic heterocycles. The molecule has 2 rings (SSSR count). The van der Waals surface area contributed by atoms with Crippen LogP contribution in [0.2, 0.25) is 0 Å². The number of ether oxygens (including phenoxy) is 1. The van der Waals surface area contributed by atoms with Crippen molar-refractivity contribution in [1.82, 2.24) is 10.2 Å². The fourth-order valence-electron chi connectivity index (χ4n) is 2.39. The SMILES string of the molecule is O=C1CC(C(=O)O)N([C@H]2C[C@H](O)[C@@H](COP(=O)(O)O)O2)C(=O)N1. The van der Waals surface area contributed by atoms with Crippen molar-refractivity contribution in [2.75, 3.05) is 6.61 Å². The van der Waals surface area contributed by atoms with Crippen LogP contribution in [0.4, 0.5) is 4.79 Å². The zero-order valence-electron chi connectivity index (χ0n) is 11.6. The molecule has 0 aromatic carbocycles. The van der Waals surface area contributed by atoms with Crippen LogP contribution in [-0.4, -0.2) is 73.9 Å². The fraction of sp³-hybridized carbons (Fsp3) is 0.700. The van der Waals surface area contributed by atoms with Crippen LogP contribution in [0.3, 0.4) is 0 Å². The molecule has 3 amide bonds. The summed E-state index contributed by atoms with van der Waals surface area (Å²) >= 11 is 0. The number of imide groups is 1. The zero-order valence-corrected chi connectivity index (χ0v) is 12.5. The smallest absolute Gasteiger partial charge is 0.469 e. The van der Waals surface area contributed by atoms with Gasteiger partial charge in [0.1, 0.15) is 18.4 Å². The summed E-state index contributed by atoms with van der Waals surface area (Å²) in [5.41, 5.74) is 0. The molecule has 0 radical (unpaired) electrons. The maximum atomic E-state index is 11.9. The minimum atomic E-state index is -4.77. The van der Waals surface area contributed by atoms with Crippen LogP contribution >= 0.6 is 7.82 Å². The fourth-order valence-corrected chi connectivity index (χ4v) is 2.74. The average Bonchev–Trinajstić information content (AvgIpc) is 2.75. The minimum absolute atomic E-state index is 0.194. The second kappa shape index (κ2) is 6.51. The summed E-state index contributed by atoms with van der Waals surface area (Å²) in [6.07, 6.45) is -4.23. The maximum Gasteiger partial charge on any atom is 0.469 e. The first-order valence-corrected chi connectivity index (χ1v) is 8.00. The standard InChI is InChI=1S/C10H15N2O10P/c13-5-2-8(22-6(5)3-21-23(18,19)20)12-4(9(15)16)1-7(14)11-10(12)17/h4-6,8,13H,1-3H2,(H,15,16)(H,11,14,17)(H2,18,19,20)/t4?,5-,6+,8+/m0/s1. The van der Waals surface area contributed by atoms with Gasteiger partial charge in [0.2, 0.25) is 5.91 Å². The van der Waals surface area contributed by atoms with Gasteiger partial charge in [-0.15, -0.1) is 0 Å². The first kappa shape index (κ1) is 17.8. The number of aliphatic hydroxyl groups excluding tert-OH is 1. The molecular weight excluding hydrogens is 339 g/mol. The van der Waals surface area contributed by atoms with Crippen molar-refractivity contribution in [2.45, 2.75) is 37.3 Å². The lowest BCUT2D eigenvalue weighted by Gasteiger charge is -2.36. The molecule has 0 bridgehead atoms. The number of aliphatic carboxylic acids is 1. The van der Waals surface area contributed by atoms with Crippen molar-refractivity contribution < 1.29 is 48.2 Å². The highest BCUT2D eigenvalue weighted by Gasteiger charge is 2.47. The van der Waals surface area contributed by atoms with Crippen molar-refractivity contribution in [3.05, 3.63) is 0 Å². The van der Waals surface area contributed by atoms with Gasteiger partial charge >= 0.3 is 19.8 Å². The topological polar surface area (TPSA) is 183 Å². The van der Waals surface area contributed by atoms with Crippen LogP contribution in [0.1, 0.15) is 12.8 Å². The number of phosphoric ester groups is 1. The number of aliphatic hydroxyl groups is 1. The van der Waals surface area contributed by atoms with E-state index in [1.807, 2.05) is 5.32 Å². The number of carboxylic acids is 1.